The summed E-state index contributed by atoms with van der Waals surface area (Å²) in [6.45, 7) is 4.60. The van der Waals surface area contributed by atoms with Crippen LogP contribution >= 0.6 is 11.3 Å². The van der Waals surface area contributed by atoms with Crippen molar-refractivity contribution >= 4 is 23.1 Å². The molecule has 0 amide bonds. The molecule has 7 nitrogen and oxygen atoms in total. The number of halogens is 1. The normalized spacial score (nSPS) is 17.0. The molecule has 0 saturated carbocycles. The fourth-order valence-corrected chi connectivity index (χ4v) is 3.90. The van der Waals surface area contributed by atoms with Crippen molar-refractivity contribution in [1.82, 2.24) is 20.6 Å². The molecule has 29 heavy (non-hydrogen) atoms. The van der Waals surface area contributed by atoms with Crippen LogP contribution in [0.5, 0.6) is 0 Å². The summed E-state index contributed by atoms with van der Waals surface area (Å²) in [5, 5.41) is 8.68. The molecule has 3 aromatic rings. The molecule has 1 unspecified atom stereocenters. The van der Waals surface area contributed by atoms with E-state index in [0.29, 0.717) is 30.8 Å². The summed E-state index contributed by atoms with van der Waals surface area (Å²) in [5.41, 5.74) is 0.772. The second-order valence-corrected chi connectivity index (χ2v) is 7.65. The minimum absolute atomic E-state index is 0.160. The monoisotopic (exact) mass is 414 g/mol. The lowest BCUT2D eigenvalue weighted by molar-refractivity contribution is 0.574. The van der Waals surface area contributed by atoms with Gasteiger partial charge in [0.1, 0.15) is 12.0 Å². The largest absolute Gasteiger partial charge is 0.443 e. The van der Waals surface area contributed by atoms with Gasteiger partial charge in [-0.05, 0) is 36.9 Å². The molecule has 1 aliphatic rings. The third kappa shape index (κ3) is 4.73. The van der Waals surface area contributed by atoms with Crippen LogP contribution in [0.3, 0.4) is 0 Å². The van der Waals surface area contributed by atoms with Crippen molar-refractivity contribution in [2.45, 2.75) is 25.9 Å². The average Bonchev–Trinajstić information content (AvgIpc) is 3.48. The zero-order chi connectivity index (χ0) is 20.1. The zero-order valence-corrected chi connectivity index (χ0v) is 17.0. The molecular formula is C20H23FN6OS. The maximum Gasteiger partial charge on any atom is 0.236 e. The zero-order valence-electron chi connectivity index (χ0n) is 16.1. The predicted octanol–water partition coefficient (Wildman–Crippen LogP) is 3.27. The Labute approximate surface area is 172 Å². The molecule has 4 rings (SSSR count). The van der Waals surface area contributed by atoms with E-state index in [2.05, 4.69) is 25.6 Å². The smallest absolute Gasteiger partial charge is 0.236 e. The van der Waals surface area contributed by atoms with Gasteiger partial charge in [-0.15, -0.1) is 11.3 Å². The molecule has 3 aromatic heterocycles. The second kappa shape index (κ2) is 9.04. The van der Waals surface area contributed by atoms with Crippen LogP contribution < -0.4 is 15.5 Å². The molecule has 0 radical (unpaired) electrons. The first-order chi connectivity index (χ1) is 14.2. The van der Waals surface area contributed by atoms with E-state index in [4.69, 9.17) is 4.42 Å². The third-order valence-electron chi connectivity index (χ3n) is 4.59. The topological polar surface area (TPSA) is 78.6 Å². The van der Waals surface area contributed by atoms with Gasteiger partial charge in [0.05, 0.1) is 11.4 Å². The van der Waals surface area contributed by atoms with Crippen molar-refractivity contribution in [2.24, 2.45) is 4.99 Å². The number of pyridine rings is 1. The Hall–Kier alpha value is -2.94. The van der Waals surface area contributed by atoms with E-state index >= 15 is 0 Å². The molecule has 1 atom stereocenters. The van der Waals surface area contributed by atoms with E-state index in [1.807, 2.05) is 29.3 Å². The van der Waals surface area contributed by atoms with Crippen LogP contribution in [0.25, 0.3) is 10.8 Å². The van der Waals surface area contributed by atoms with E-state index in [1.165, 1.54) is 6.07 Å². The number of guanidine groups is 1. The number of aliphatic imine (C=N–C) groups is 1. The summed E-state index contributed by atoms with van der Waals surface area (Å²) in [4.78, 5) is 16.3. The number of anilines is 1. The Morgan fingerprint density at radius 3 is 3.14 bits per heavy atom. The number of rotatable bonds is 6. The molecule has 9 heteroatoms. The minimum Gasteiger partial charge on any atom is -0.443 e. The molecule has 2 N–H and O–H groups in total. The number of hydrogen-bond donors (Lipinski definition) is 2. The third-order valence-corrected chi connectivity index (χ3v) is 5.45. The van der Waals surface area contributed by atoms with Gasteiger partial charge in [0.2, 0.25) is 5.89 Å². The molecule has 0 aromatic carbocycles. The van der Waals surface area contributed by atoms with Gasteiger partial charge in [0, 0.05) is 31.9 Å². The van der Waals surface area contributed by atoms with Crippen molar-refractivity contribution in [3.05, 3.63) is 53.6 Å². The fraction of sp³-hybridized carbons (Fsp3) is 0.350. The summed E-state index contributed by atoms with van der Waals surface area (Å²) in [6.07, 6.45) is 4.14. The van der Waals surface area contributed by atoms with Crippen LogP contribution in [0.2, 0.25) is 0 Å². The first-order valence-electron chi connectivity index (χ1n) is 9.61. The minimum atomic E-state index is -0.290. The number of aromatic nitrogens is 2. The van der Waals surface area contributed by atoms with Gasteiger partial charge in [-0.25, -0.2) is 19.4 Å². The molecule has 152 valence electrons. The van der Waals surface area contributed by atoms with Gasteiger partial charge in [-0.3, -0.25) is 0 Å². The van der Waals surface area contributed by atoms with Gasteiger partial charge >= 0.3 is 0 Å². The quantitative estimate of drug-likeness (QED) is 0.476. The summed E-state index contributed by atoms with van der Waals surface area (Å²) in [7, 11) is 0. The Bertz CT molecular complexity index is 958. The van der Waals surface area contributed by atoms with Gasteiger partial charge in [0.25, 0.3) is 0 Å². The standard InChI is InChI=1S/C20H23FN6OS/c1-2-22-20(24-11-15-13-28-19(25-15)17-6-4-10-29-17)26-14-7-9-27(12-14)18-16(21)5-3-8-23-18/h3-6,8,10,13-14H,2,7,9,11-12H2,1H3,(H2,22,24,26). The number of thiophene rings is 1. The summed E-state index contributed by atoms with van der Waals surface area (Å²) >= 11 is 1.59. The molecule has 0 aliphatic carbocycles. The SMILES string of the molecule is CCNC(=NCc1coc(-c2cccs2)n1)NC1CCN(c2ncccc2F)C1. The molecule has 1 aliphatic heterocycles. The number of nitrogens with one attached hydrogen (secondary N) is 2. The van der Waals surface area contributed by atoms with Gasteiger partial charge in [-0.1, -0.05) is 6.07 Å². The van der Waals surface area contributed by atoms with Gasteiger partial charge in [-0.2, -0.15) is 0 Å². The highest BCUT2D eigenvalue weighted by Crippen LogP contribution is 2.24. The molecule has 1 saturated heterocycles. The molecule has 0 bridgehead atoms. The highest BCUT2D eigenvalue weighted by molar-refractivity contribution is 7.13. The lowest BCUT2D eigenvalue weighted by Crippen LogP contribution is -2.44. The summed E-state index contributed by atoms with van der Waals surface area (Å²) in [6, 6.07) is 7.15. The molecule has 4 heterocycles. The van der Waals surface area contributed by atoms with E-state index in [-0.39, 0.29) is 11.9 Å². The number of oxazole rings is 1. The maximum absolute atomic E-state index is 14.0. The van der Waals surface area contributed by atoms with Crippen LogP contribution in [0, 0.1) is 5.82 Å². The first kappa shape index (κ1) is 19.4. The van der Waals surface area contributed by atoms with Crippen LogP contribution in [0.1, 0.15) is 19.0 Å². The van der Waals surface area contributed by atoms with Crippen molar-refractivity contribution in [3.63, 3.8) is 0 Å². The molecule has 1 fully saturated rings. The Morgan fingerprint density at radius 1 is 1.41 bits per heavy atom. The van der Waals surface area contributed by atoms with Crippen molar-refractivity contribution in [1.29, 1.82) is 0 Å². The van der Waals surface area contributed by atoms with E-state index < -0.39 is 0 Å². The second-order valence-electron chi connectivity index (χ2n) is 6.70. The van der Waals surface area contributed by atoms with Crippen molar-refractivity contribution in [3.8, 4) is 10.8 Å². The van der Waals surface area contributed by atoms with E-state index in [0.717, 1.165) is 30.1 Å². The van der Waals surface area contributed by atoms with Crippen LogP contribution in [0.15, 0.2) is 51.5 Å². The molecule has 0 spiro atoms. The van der Waals surface area contributed by atoms with Crippen molar-refractivity contribution in [2.75, 3.05) is 24.5 Å². The highest BCUT2D eigenvalue weighted by atomic mass is 32.1. The van der Waals surface area contributed by atoms with Crippen LogP contribution in [-0.4, -0.2) is 41.6 Å². The maximum atomic E-state index is 14.0. The summed E-state index contributed by atoms with van der Waals surface area (Å²) in [5.74, 6) is 1.44. The van der Waals surface area contributed by atoms with Gasteiger partial charge in [0.15, 0.2) is 17.6 Å². The first-order valence-corrected chi connectivity index (χ1v) is 10.5. The van der Waals surface area contributed by atoms with E-state index in [1.54, 1.807) is 29.9 Å². The van der Waals surface area contributed by atoms with Crippen molar-refractivity contribution < 1.29 is 8.81 Å². The number of hydrogen-bond acceptors (Lipinski definition) is 6. The lowest BCUT2D eigenvalue weighted by Gasteiger charge is -2.19. The Morgan fingerprint density at radius 2 is 2.34 bits per heavy atom. The average molecular weight is 415 g/mol. The Kier molecular flexibility index (Phi) is 6.04. The summed E-state index contributed by atoms with van der Waals surface area (Å²) < 4.78 is 19.5. The fourth-order valence-electron chi connectivity index (χ4n) is 3.25. The number of nitrogens with zero attached hydrogens (tertiary/aromatic N) is 4. The Balaban J connectivity index is 1.37. The van der Waals surface area contributed by atoms with E-state index in [9.17, 15) is 4.39 Å². The van der Waals surface area contributed by atoms with Gasteiger partial charge < -0.3 is 20.0 Å². The lowest BCUT2D eigenvalue weighted by atomic mass is 10.3. The predicted molar refractivity (Wildman–Crippen MR) is 113 cm³/mol. The molecular weight excluding hydrogens is 391 g/mol. The van der Waals surface area contributed by atoms with Crippen LogP contribution in [0.4, 0.5) is 10.2 Å². The highest BCUT2D eigenvalue weighted by Gasteiger charge is 2.26. The van der Waals surface area contributed by atoms with Crippen LogP contribution in [-0.2, 0) is 6.54 Å².